The summed E-state index contributed by atoms with van der Waals surface area (Å²) in [7, 11) is 4.55. The normalized spacial score (nSPS) is 10.4. The Hall–Kier alpha value is -3.34. The van der Waals surface area contributed by atoms with Crippen LogP contribution in [0, 0.1) is 6.92 Å². The summed E-state index contributed by atoms with van der Waals surface area (Å²) in [4.78, 5) is 17.6. The van der Waals surface area contributed by atoms with E-state index < -0.39 is 0 Å². The molecule has 27 heavy (non-hydrogen) atoms. The van der Waals surface area contributed by atoms with Gasteiger partial charge in [-0.25, -0.2) is 4.98 Å². The molecule has 3 rings (SSSR count). The van der Waals surface area contributed by atoms with Gasteiger partial charge in [0.1, 0.15) is 5.69 Å². The van der Waals surface area contributed by atoms with E-state index in [1.807, 2.05) is 43.3 Å². The average molecular weight is 363 g/mol. The minimum atomic E-state index is -0.219. The van der Waals surface area contributed by atoms with Gasteiger partial charge in [-0.15, -0.1) is 0 Å². The van der Waals surface area contributed by atoms with E-state index in [0.29, 0.717) is 28.5 Å². The molecular formula is C22H21NO4. The van der Waals surface area contributed by atoms with Gasteiger partial charge in [0.2, 0.25) is 11.5 Å². The predicted molar refractivity (Wildman–Crippen MR) is 104 cm³/mol. The SMILES string of the molecule is COc1cc(C(=O)c2cccc(-c3cccc(C)c3)n2)cc(OC)c1OC. The highest BCUT2D eigenvalue weighted by Gasteiger charge is 2.19. The second-order valence-corrected chi connectivity index (χ2v) is 6.02. The van der Waals surface area contributed by atoms with Gasteiger partial charge in [0.25, 0.3) is 0 Å². The summed E-state index contributed by atoms with van der Waals surface area (Å²) in [5.74, 6) is 1.08. The van der Waals surface area contributed by atoms with E-state index in [-0.39, 0.29) is 5.78 Å². The molecule has 0 atom stereocenters. The van der Waals surface area contributed by atoms with Crippen molar-refractivity contribution in [1.29, 1.82) is 0 Å². The first kappa shape index (κ1) is 18.5. The Labute approximate surface area is 158 Å². The molecule has 0 aliphatic heterocycles. The van der Waals surface area contributed by atoms with Crippen molar-refractivity contribution in [1.82, 2.24) is 4.98 Å². The summed E-state index contributed by atoms with van der Waals surface area (Å²) in [5, 5.41) is 0. The van der Waals surface area contributed by atoms with Crippen LogP contribution in [0.5, 0.6) is 17.2 Å². The molecule has 5 nitrogen and oxygen atoms in total. The molecule has 0 N–H and O–H groups in total. The molecule has 138 valence electrons. The largest absolute Gasteiger partial charge is 0.493 e. The molecule has 0 saturated heterocycles. The lowest BCUT2D eigenvalue weighted by Gasteiger charge is -2.13. The number of hydrogen-bond acceptors (Lipinski definition) is 5. The third kappa shape index (κ3) is 3.77. The van der Waals surface area contributed by atoms with E-state index in [1.165, 1.54) is 21.3 Å². The molecule has 0 fully saturated rings. The quantitative estimate of drug-likeness (QED) is 0.611. The summed E-state index contributed by atoms with van der Waals surface area (Å²) in [5.41, 5.74) is 3.61. The fourth-order valence-corrected chi connectivity index (χ4v) is 2.89. The molecule has 1 heterocycles. The lowest BCUT2D eigenvalue weighted by atomic mass is 10.0. The molecule has 0 radical (unpaired) electrons. The number of benzene rings is 2. The van der Waals surface area contributed by atoms with Gasteiger partial charge >= 0.3 is 0 Å². The number of rotatable bonds is 6. The van der Waals surface area contributed by atoms with Gasteiger partial charge in [-0.3, -0.25) is 4.79 Å². The molecule has 5 heteroatoms. The number of ketones is 1. The van der Waals surface area contributed by atoms with Crippen molar-refractivity contribution in [2.75, 3.05) is 21.3 Å². The highest BCUT2D eigenvalue weighted by molar-refractivity contribution is 6.08. The Morgan fingerprint density at radius 1 is 0.852 bits per heavy atom. The molecule has 0 unspecified atom stereocenters. The Morgan fingerprint density at radius 3 is 2.11 bits per heavy atom. The molecule has 1 aromatic heterocycles. The van der Waals surface area contributed by atoms with Crippen LogP contribution in [0.3, 0.4) is 0 Å². The summed E-state index contributed by atoms with van der Waals surface area (Å²) in [6.45, 7) is 2.02. The van der Waals surface area contributed by atoms with E-state index in [2.05, 4.69) is 4.98 Å². The summed E-state index contributed by atoms with van der Waals surface area (Å²) in [6.07, 6.45) is 0. The number of carbonyl (C=O) groups is 1. The van der Waals surface area contributed by atoms with Gasteiger partial charge in [-0.1, -0.05) is 29.8 Å². The Bertz CT molecular complexity index is 957. The van der Waals surface area contributed by atoms with Gasteiger partial charge in [-0.2, -0.15) is 0 Å². The van der Waals surface area contributed by atoms with Crippen LogP contribution in [0.25, 0.3) is 11.3 Å². The third-order valence-electron chi connectivity index (χ3n) is 4.22. The highest BCUT2D eigenvalue weighted by atomic mass is 16.5. The standard InChI is InChI=1S/C22H21NO4/c1-14-7-5-8-15(11-14)17-9-6-10-18(23-17)21(24)16-12-19(25-2)22(27-4)20(13-16)26-3/h5-13H,1-4H3. The van der Waals surface area contributed by atoms with Gasteiger partial charge in [0.05, 0.1) is 27.0 Å². The van der Waals surface area contributed by atoms with E-state index >= 15 is 0 Å². The third-order valence-corrected chi connectivity index (χ3v) is 4.22. The predicted octanol–water partition coefficient (Wildman–Crippen LogP) is 4.31. The number of nitrogens with zero attached hydrogens (tertiary/aromatic N) is 1. The zero-order chi connectivity index (χ0) is 19.4. The number of methoxy groups -OCH3 is 3. The lowest BCUT2D eigenvalue weighted by Crippen LogP contribution is -2.06. The molecule has 3 aromatic rings. The van der Waals surface area contributed by atoms with Crippen LogP contribution in [0.15, 0.2) is 54.6 Å². The second-order valence-electron chi connectivity index (χ2n) is 6.02. The van der Waals surface area contributed by atoms with Crippen LogP contribution < -0.4 is 14.2 Å². The maximum Gasteiger partial charge on any atom is 0.211 e. The van der Waals surface area contributed by atoms with Crippen molar-refractivity contribution >= 4 is 5.78 Å². The smallest absolute Gasteiger partial charge is 0.211 e. The summed E-state index contributed by atoms with van der Waals surface area (Å²) < 4.78 is 16.0. The van der Waals surface area contributed by atoms with Gasteiger partial charge < -0.3 is 14.2 Å². The summed E-state index contributed by atoms with van der Waals surface area (Å²) >= 11 is 0. The van der Waals surface area contributed by atoms with E-state index in [9.17, 15) is 4.79 Å². The van der Waals surface area contributed by atoms with Crippen molar-refractivity contribution < 1.29 is 19.0 Å². The zero-order valence-corrected chi connectivity index (χ0v) is 15.8. The van der Waals surface area contributed by atoms with Gasteiger partial charge in [0.15, 0.2) is 11.5 Å². The van der Waals surface area contributed by atoms with Crippen LogP contribution in [0.4, 0.5) is 0 Å². The molecule has 0 saturated carbocycles. The van der Waals surface area contributed by atoms with Crippen LogP contribution in [0.2, 0.25) is 0 Å². The molecule has 2 aromatic carbocycles. The fraction of sp³-hybridized carbons (Fsp3) is 0.182. The second kappa shape index (κ2) is 7.91. The van der Waals surface area contributed by atoms with Crippen molar-refractivity contribution in [3.8, 4) is 28.5 Å². The highest BCUT2D eigenvalue weighted by Crippen LogP contribution is 2.38. The first-order valence-electron chi connectivity index (χ1n) is 8.46. The van der Waals surface area contributed by atoms with Crippen molar-refractivity contribution in [3.63, 3.8) is 0 Å². The van der Waals surface area contributed by atoms with E-state index in [4.69, 9.17) is 14.2 Å². The number of hydrogen-bond donors (Lipinski definition) is 0. The van der Waals surface area contributed by atoms with Crippen molar-refractivity contribution in [2.24, 2.45) is 0 Å². The summed E-state index contributed by atoms with van der Waals surface area (Å²) in [6, 6.07) is 16.7. The molecule has 0 aliphatic carbocycles. The van der Waals surface area contributed by atoms with Crippen LogP contribution in [-0.2, 0) is 0 Å². The Morgan fingerprint density at radius 2 is 1.52 bits per heavy atom. The maximum absolute atomic E-state index is 13.0. The minimum Gasteiger partial charge on any atom is -0.493 e. The van der Waals surface area contributed by atoms with E-state index in [1.54, 1.807) is 18.2 Å². The van der Waals surface area contributed by atoms with E-state index in [0.717, 1.165) is 16.8 Å². The van der Waals surface area contributed by atoms with Gasteiger partial charge in [-0.05, 0) is 37.3 Å². The number of aromatic nitrogens is 1. The number of ether oxygens (including phenoxy) is 3. The van der Waals surface area contributed by atoms with Crippen LogP contribution >= 0.6 is 0 Å². The Balaban J connectivity index is 2.03. The van der Waals surface area contributed by atoms with Crippen LogP contribution in [0.1, 0.15) is 21.6 Å². The maximum atomic E-state index is 13.0. The lowest BCUT2D eigenvalue weighted by molar-refractivity contribution is 0.103. The molecular weight excluding hydrogens is 342 g/mol. The fourth-order valence-electron chi connectivity index (χ4n) is 2.89. The topological polar surface area (TPSA) is 57.7 Å². The van der Waals surface area contributed by atoms with Crippen molar-refractivity contribution in [3.05, 3.63) is 71.4 Å². The zero-order valence-electron chi connectivity index (χ0n) is 15.8. The van der Waals surface area contributed by atoms with Crippen LogP contribution in [-0.4, -0.2) is 32.1 Å². The minimum absolute atomic E-state index is 0.219. The number of aryl methyl sites for hydroxylation is 1. The first-order chi connectivity index (χ1) is 13.1. The number of pyridine rings is 1. The molecule has 0 amide bonds. The number of carbonyl (C=O) groups excluding carboxylic acids is 1. The first-order valence-corrected chi connectivity index (χ1v) is 8.46. The molecule has 0 aliphatic rings. The monoisotopic (exact) mass is 363 g/mol. The average Bonchev–Trinajstić information content (AvgIpc) is 2.72. The molecule has 0 spiro atoms. The Kier molecular flexibility index (Phi) is 5.41. The van der Waals surface area contributed by atoms with Crippen molar-refractivity contribution in [2.45, 2.75) is 6.92 Å². The molecule has 0 bridgehead atoms. The van der Waals surface area contributed by atoms with Gasteiger partial charge in [0, 0.05) is 11.1 Å².